The van der Waals surface area contributed by atoms with Gasteiger partial charge in [-0.15, -0.1) is 0 Å². The van der Waals surface area contributed by atoms with Crippen LogP contribution in [0, 0.1) is 0 Å². The molecule has 0 aliphatic carbocycles. The van der Waals surface area contributed by atoms with E-state index in [1.807, 2.05) is 6.07 Å². The van der Waals surface area contributed by atoms with Crippen molar-refractivity contribution in [1.29, 1.82) is 0 Å². The molecule has 2 heterocycles. The molecule has 5 heteroatoms. The minimum atomic E-state index is 0.324. The summed E-state index contributed by atoms with van der Waals surface area (Å²) in [5.41, 5.74) is 1.26. The van der Waals surface area contributed by atoms with Crippen LogP contribution in [0.1, 0.15) is 5.56 Å². The highest BCUT2D eigenvalue weighted by Gasteiger charge is 2.20. The van der Waals surface area contributed by atoms with E-state index in [1.165, 1.54) is 5.56 Å². The van der Waals surface area contributed by atoms with Crippen LogP contribution in [0.2, 0.25) is 0 Å². The van der Waals surface area contributed by atoms with Crippen LogP contribution >= 0.6 is 15.9 Å². The lowest BCUT2D eigenvalue weighted by atomic mass is 10.2. The number of hydrogen-bond acceptors (Lipinski definition) is 4. The molecule has 1 aromatic rings. The van der Waals surface area contributed by atoms with Gasteiger partial charge < -0.3 is 14.8 Å². The Morgan fingerprint density at radius 3 is 2.88 bits per heavy atom. The molecule has 0 bridgehead atoms. The second-order valence-corrected chi connectivity index (χ2v) is 5.09. The largest absolute Gasteiger partial charge is 0.454 e. The van der Waals surface area contributed by atoms with Gasteiger partial charge >= 0.3 is 0 Å². The van der Waals surface area contributed by atoms with Crippen molar-refractivity contribution in [3.63, 3.8) is 0 Å². The van der Waals surface area contributed by atoms with Gasteiger partial charge in [-0.05, 0) is 27.6 Å². The molecule has 1 aromatic carbocycles. The van der Waals surface area contributed by atoms with Gasteiger partial charge in [-0.3, -0.25) is 4.90 Å². The summed E-state index contributed by atoms with van der Waals surface area (Å²) in [5.74, 6) is 1.68. The fourth-order valence-electron chi connectivity index (χ4n) is 2.21. The molecule has 0 atom stereocenters. The van der Waals surface area contributed by atoms with E-state index in [2.05, 4.69) is 32.2 Å². The van der Waals surface area contributed by atoms with Gasteiger partial charge in [0, 0.05) is 32.7 Å². The smallest absolute Gasteiger partial charge is 0.231 e. The number of piperazine rings is 1. The average molecular weight is 299 g/mol. The van der Waals surface area contributed by atoms with Crippen LogP contribution in [0.25, 0.3) is 0 Å². The lowest BCUT2D eigenvalue weighted by molar-refractivity contribution is 0.173. The van der Waals surface area contributed by atoms with Crippen molar-refractivity contribution >= 4 is 15.9 Å². The Hall–Kier alpha value is -0.780. The normalized spacial score (nSPS) is 19.6. The third-order valence-electron chi connectivity index (χ3n) is 3.16. The summed E-state index contributed by atoms with van der Waals surface area (Å²) in [6, 6.07) is 4.10. The molecule has 0 amide bonds. The van der Waals surface area contributed by atoms with E-state index in [0.717, 1.165) is 48.7 Å². The zero-order valence-corrected chi connectivity index (χ0v) is 11.1. The minimum Gasteiger partial charge on any atom is -0.454 e. The molecule has 17 heavy (non-hydrogen) atoms. The minimum absolute atomic E-state index is 0.324. The summed E-state index contributed by atoms with van der Waals surface area (Å²) in [5, 5.41) is 3.36. The van der Waals surface area contributed by atoms with E-state index in [0.29, 0.717) is 6.79 Å². The molecule has 92 valence electrons. The number of nitrogens with one attached hydrogen (secondary N) is 1. The number of rotatable bonds is 2. The van der Waals surface area contributed by atoms with E-state index in [1.54, 1.807) is 0 Å². The van der Waals surface area contributed by atoms with Crippen molar-refractivity contribution in [2.24, 2.45) is 0 Å². The molecule has 2 aliphatic rings. The predicted octanol–water partition coefficient (Wildman–Crippen LogP) is 1.58. The lowest BCUT2D eigenvalue weighted by Gasteiger charge is -2.27. The Morgan fingerprint density at radius 2 is 2.06 bits per heavy atom. The Kier molecular flexibility index (Phi) is 3.22. The quantitative estimate of drug-likeness (QED) is 0.899. The molecule has 0 unspecified atom stereocenters. The zero-order chi connectivity index (χ0) is 11.7. The fourth-order valence-corrected chi connectivity index (χ4v) is 2.78. The maximum absolute atomic E-state index is 5.46. The number of fused-ring (bicyclic) bond motifs is 1. The SMILES string of the molecule is Brc1c(CN2CCNCC2)ccc2c1OCO2. The first-order valence-corrected chi connectivity index (χ1v) is 6.64. The zero-order valence-electron chi connectivity index (χ0n) is 9.54. The summed E-state index contributed by atoms with van der Waals surface area (Å²) >= 11 is 3.61. The first kappa shape index (κ1) is 11.3. The Bertz CT molecular complexity index is 419. The summed E-state index contributed by atoms with van der Waals surface area (Å²) < 4.78 is 11.8. The average Bonchev–Trinajstić information content (AvgIpc) is 2.83. The van der Waals surface area contributed by atoms with Crippen molar-refractivity contribution < 1.29 is 9.47 Å². The first-order chi connectivity index (χ1) is 8.34. The van der Waals surface area contributed by atoms with E-state index < -0.39 is 0 Å². The molecule has 3 rings (SSSR count). The third-order valence-corrected chi connectivity index (χ3v) is 4.03. The van der Waals surface area contributed by atoms with Gasteiger partial charge in [-0.1, -0.05) is 6.07 Å². The van der Waals surface area contributed by atoms with E-state index >= 15 is 0 Å². The van der Waals surface area contributed by atoms with Crippen molar-refractivity contribution in [3.8, 4) is 11.5 Å². The summed E-state index contributed by atoms with van der Waals surface area (Å²) in [7, 11) is 0. The first-order valence-electron chi connectivity index (χ1n) is 5.84. The van der Waals surface area contributed by atoms with Crippen LogP contribution in [0.3, 0.4) is 0 Å². The van der Waals surface area contributed by atoms with Crippen molar-refractivity contribution in [2.45, 2.75) is 6.54 Å². The Balaban J connectivity index is 1.78. The topological polar surface area (TPSA) is 33.7 Å². The monoisotopic (exact) mass is 298 g/mol. The van der Waals surface area contributed by atoms with Crippen LogP contribution < -0.4 is 14.8 Å². The van der Waals surface area contributed by atoms with Gasteiger partial charge in [0.25, 0.3) is 0 Å². The Labute approximate surface area is 109 Å². The highest BCUT2D eigenvalue weighted by atomic mass is 79.9. The standard InChI is InChI=1S/C12H15BrN2O2/c13-11-9(7-15-5-3-14-4-6-15)1-2-10-12(11)17-8-16-10/h1-2,14H,3-8H2. The number of ether oxygens (including phenoxy) is 2. The van der Waals surface area contributed by atoms with E-state index in [-0.39, 0.29) is 0 Å². The van der Waals surface area contributed by atoms with Crippen LogP contribution in [0.4, 0.5) is 0 Å². The number of halogens is 1. The van der Waals surface area contributed by atoms with Gasteiger partial charge in [0.15, 0.2) is 11.5 Å². The molecule has 1 saturated heterocycles. The lowest BCUT2D eigenvalue weighted by Crippen LogP contribution is -2.42. The second kappa shape index (κ2) is 4.84. The Morgan fingerprint density at radius 1 is 1.24 bits per heavy atom. The van der Waals surface area contributed by atoms with Crippen molar-refractivity contribution in [1.82, 2.24) is 10.2 Å². The van der Waals surface area contributed by atoms with Crippen LogP contribution in [0.15, 0.2) is 16.6 Å². The highest BCUT2D eigenvalue weighted by molar-refractivity contribution is 9.10. The molecule has 0 aromatic heterocycles. The molecule has 0 radical (unpaired) electrons. The maximum Gasteiger partial charge on any atom is 0.231 e. The molecule has 0 spiro atoms. The van der Waals surface area contributed by atoms with Crippen LogP contribution in [-0.4, -0.2) is 37.9 Å². The van der Waals surface area contributed by atoms with Crippen molar-refractivity contribution in [3.05, 3.63) is 22.2 Å². The summed E-state index contributed by atoms with van der Waals surface area (Å²) in [6.45, 7) is 5.62. The number of benzene rings is 1. The molecular weight excluding hydrogens is 284 g/mol. The fraction of sp³-hybridized carbons (Fsp3) is 0.500. The molecule has 2 aliphatic heterocycles. The highest BCUT2D eigenvalue weighted by Crippen LogP contribution is 2.41. The molecular formula is C12H15BrN2O2. The van der Waals surface area contributed by atoms with Gasteiger partial charge in [0.2, 0.25) is 6.79 Å². The number of nitrogens with zero attached hydrogens (tertiary/aromatic N) is 1. The molecule has 1 N–H and O–H groups in total. The van der Waals surface area contributed by atoms with E-state index in [9.17, 15) is 0 Å². The van der Waals surface area contributed by atoms with Gasteiger partial charge in [0.1, 0.15) is 0 Å². The van der Waals surface area contributed by atoms with Crippen molar-refractivity contribution in [2.75, 3.05) is 33.0 Å². The van der Waals surface area contributed by atoms with Crippen LogP contribution in [0.5, 0.6) is 11.5 Å². The molecule has 0 saturated carbocycles. The summed E-state index contributed by atoms with van der Waals surface area (Å²) in [6.07, 6.45) is 0. The molecule has 4 nitrogen and oxygen atoms in total. The molecule has 1 fully saturated rings. The predicted molar refractivity (Wildman–Crippen MR) is 68.4 cm³/mol. The third kappa shape index (κ3) is 2.27. The summed E-state index contributed by atoms with van der Waals surface area (Å²) in [4.78, 5) is 2.44. The van der Waals surface area contributed by atoms with E-state index in [4.69, 9.17) is 9.47 Å². The van der Waals surface area contributed by atoms with Gasteiger partial charge in [-0.2, -0.15) is 0 Å². The second-order valence-electron chi connectivity index (χ2n) is 4.30. The van der Waals surface area contributed by atoms with Gasteiger partial charge in [-0.25, -0.2) is 0 Å². The number of hydrogen-bond donors (Lipinski definition) is 1. The van der Waals surface area contributed by atoms with Crippen LogP contribution in [-0.2, 0) is 6.54 Å². The van der Waals surface area contributed by atoms with Gasteiger partial charge in [0.05, 0.1) is 4.47 Å². The maximum atomic E-state index is 5.46.